The molecule has 0 saturated carbocycles. The third-order valence-electron chi connectivity index (χ3n) is 11.2. The lowest BCUT2D eigenvalue weighted by Gasteiger charge is -2.34. The topological polar surface area (TPSA) is 22.8 Å². The monoisotopic (exact) mass is 663 g/mol. The summed E-state index contributed by atoms with van der Waals surface area (Å²) in [7, 11) is 0. The maximum Gasteiger partial charge on any atom is 0.0541 e. The third kappa shape index (κ3) is 4.23. The molecule has 0 N–H and O–H groups in total. The van der Waals surface area contributed by atoms with E-state index < -0.39 is 0 Å². The van der Waals surface area contributed by atoms with Gasteiger partial charge < -0.3 is 9.13 Å². The van der Waals surface area contributed by atoms with E-state index in [1.807, 2.05) is 6.20 Å². The number of rotatable bonds is 4. The van der Waals surface area contributed by atoms with Crippen LogP contribution in [-0.2, 0) is 0 Å². The number of fused-ring (bicyclic) bond motifs is 8. The number of pyridine rings is 1. The minimum atomic E-state index is 0.156. The Hall–Kier alpha value is -6.71. The van der Waals surface area contributed by atoms with Gasteiger partial charge in [0.2, 0.25) is 0 Å². The number of allylic oxidation sites excluding steroid dienone is 4. The molecule has 0 fully saturated rings. The van der Waals surface area contributed by atoms with Gasteiger partial charge in [0.25, 0.3) is 0 Å². The Morgan fingerprint density at radius 1 is 0.404 bits per heavy atom. The predicted octanol–water partition coefficient (Wildman–Crippen LogP) is 10.2. The smallest absolute Gasteiger partial charge is 0.0541 e. The number of benzene rings is 6. The third-order valence-corrected chi connectivity index (χ3v) is 11.2. The molecule has 3 nitrogen and oxygen atoms in total. The average molecular weight is 664 g/mol. The summed E-state index contributed by atoms with van der Waals surface area (Å²) >= 11 is 0. The van der Waals surface area contributed by atoms with Crippen LogP contribution in [0.1, 0.15) is 5.56 Å². The van der Waals surface area contributed by atoms with E-state index >= 15 is 0 Å². The van der Waals surface area contributed by atoms with Crippen LogP contribution in [0.15, 0.2) is 188 Å². The number of nitrogens with zero attached hydrogens (tertiary/aromatic N) is 3. The van der Waals surface area contributed by atoms with Crippen LogP contribution in [0, 0.1) is 11.8 Å². The lowest BCUT2D eigenvalue weighted by molar-refractivity contribution is 0.662. The second-order valence-corrected chi connectivity index (χ2v) is 13.9. The predicted molar refractivity (Wildman–Crippen MR) is 216 cm³/mol. The Morgan fingerprint density at radius 3 is 1.48 bits per heavy atom. The quantitative estimate of drug-likeness (QED) is 0.184. The van der Waals surface area contributed by atoms with Crippen molar-refractivity contribution in [2.24, 2.45) is 11.8 Å². The van der Waals surface area contributed by atoms with E-state index in [1.165, 1.54) is 65.3 Å². The molecule has 0 saturated heterocycles. The zero-order valence-electron chi connectivity index (χ0n) is 28.4. The van der Waals surface area contributed by atoms with E-state index in [0.29, 0.717) is 0 Å². The Labute approximate surface area is 301 Å². The summed E-state index contributed by atoms with van der Waals surface area (Å²) in [6, 6.07) is 55.2. The number of hydrogen-bond acceptors (Lipinski definition) is 1. The van der Waals surface area contributed by atoms with Crippen LogP contribution in [0.25, 0.3) is 71.7 Å². The van der Waals surface area contributed by atoms with Crippen LogP contribution in [0.5, 0.6) is 0 Å². The molecule has 0 aliphatic heterocycles. The van der Waals surface area contributed by atoms with Gasteiger partial charge in [-0.05, 0) is 64.4 Å². The second-order valence-electron chi connectivity index (χ2n) is 13.9. The minimum Gasteiger partial charge on any atom is -0.312 e. The summed E-state index contributed by atoms with van der Waals surface area (Å²) in [5.41, 5.74) is 12.1. The van der Waals surface area contributed by atoms with Crippen LogP contribution in [0.3, 0.4) is 0 Å². The molecule has 9 aromatic rings. The first-order chi connectivity index (χ1) is 25.8. The first-order valence-corrected chi connectivity index (χ1v) is 18.0. The molecule has 0 radical (unpaired) electrons. The molecule has 3 heterocycles. The van der Waals surface area contributed by atoms with Crippen LogP contribution >= 0.6 is 0 Å². The largest absolute Gasteiger partial charge is 0.312 e. The maximum absolute atomic E-state index is 4.87. The lowest BCUT2D eigenvalue weighted by atomic mass is 9.73. The second kappa shape index (κ2) is 11.4. The highest BCUT2D eigenvalue weighted by molar-refractivity contribution is 6.11. The van der Waals surface area contributed by atoms with Gasteiger partial charge in [0.05, 0.1) is 22.1 Å². The minimum absolute atomic E-state index is 0.156. The van der Waals surface area contributed by atoms with Crippen molar-refractivity contribution in [3.63, 3.8) is 0 Å². The zero-order chi connectivity index (χ0) is 34.2. The maximum atomic E-state index is 4.87. The van der Waals surface area contributed by atoms with Crippen LogP contribution in [0.2, 0.25) is 0 Å². The summed E-state index contributed by atoms with van der Waals surface area (Å²) < 4.78 is 4.89. The number of aromatic nitrogens is 3. The molecule has 2 unspecified atom stereocenters. The van der Waals surface area contributed by atoms with Gasteiger partial charge >= 0.3 is 0 Å². The Bertz CT molecular complexity index is 2970. The molecule has 3 aromatic heterocycles. The van der Waals surface area contributed by atoms with Crippen LogP contribution in [-0.4, -0.2) is 14.1 Å². The fraction of sp³-hybridized carbons (Fsp3) is 0.0408. The molecule has 244 valence electrons. The van der Waals surface area contributed by atoms with Gasteiger partial charge in [-0.2, -0.15) is 0 Å². The van der Waals surface area contributed by atoms with Crippen molar-refractivity contribution in [2.45, 2.75) is 0 Å². The van der Waals surface area contributed by atoms with Crippen molar-refractivity contribution < 1.29 is 0 Å². The van der Waals surface area contributed by atoms with E-state index in [2.05, 4.69) is 191 Å². The lowest BCUT2D eigenvalue weighted by Crippen LogP contribution is -2.41. The van der Waals surface area contributed by atoms with Crippen molar-refractivity contribution >= 4 is 54.9 Å². The highest BCUT2D eigenvalue weighted by Crippen LogP contribution is 2.42. The van der Waals surface area contributed by atoms with Crippen molar-refractivity contribution in [3.05, 3.63) is 204 Å². The van der Waals surface area contributed by atoms with Gasteiger partial charge in [0.15, 0.2) is 0 Å². The van der Waals surface area contributed by atoms with E-state index in [0.717, 1.165) is 22.4 Å². The first-order valence-electron chi connectivity index (χ1n) is 18.0. The van der Waals surface area contributed by atoms with Crippen molar-refractivity contribution in [1.82, 2.24) is 14.1 Å². The zero-order valence-corrected chi connectivity index (χ0v) is 28.4. The van der Waals surface area contributed by atoms with Crippen molar-refractivity contribution in [2.75, 3.05) is 0 Å². The standard InChI is InChI=1S/C49H33N3/c1-3-19-42-40(17-1)48(41-18-2-4-20-43(41)49(42)52-46-23-11-7-15-38(46)39-16-8-12-24-47(39)52)34-29-33(30-50-31-34)32-25-27-35(28-26-32)51-44-21-9-5-13-36(44)37-14-6-10-22-45(37)51/h1-31,40,42H. The van der Waals surface area contributed by atoms with Gasteiger partial charge in [0.1, 0.15) is 0 Å². The molecular formula is C49H33N3. The molecule has 3 heteroatoms. The molecule has 0 bridgehead atoms. The Kier molecular flexibility index (Phi) is 6.38. The molecular weight excluding hydrogens is 631 g/mol. The Balaban J connectivity index is 1.09. The van der Waals surface area contributed by atoms with Crippen molar-refractivity contribution in [1.29, 1.82) is 0 Å². The summed E-state index contributed by atoms with van der Waals surface area (Å²) in [5.74, 6) is 0.313. The first kappa shape index (κ1) is 29.1. The van der Waals surface area contributed by atoms with Crippen LogP contribution < -0.4 is 10.4 Å². The van der Waals surface area contributed by atoms with Gasteiger partial charge in [0, 0.05) is 67.9 Å². The number of para-hydroxylation sites is 4. The van der Waals surface area contributed by atoms with E-state index in [9.17, 15) is 0 Å². The molecule has 0 spiro atoms. The Morgan fingerprint density at radius 2 is 0.885 bits per heavy atom. The fourth-order valence-corrected chi connectivity index (χ4v) is 8.99. The molecule has 2 aliphatic rings. The summed E-state index contributed by atoms with van der Waals surface area (Å²) in [5, 5.41) is 7.64. The molecule has 11 rings (SSSR count). The van der Waals surface area contributed by atoms with Crippen LogP contribution in [0.4, 0.5) is 0 Å². The molecule has 2 atom stereocenters. The fourth-order valence-electron chi connectivity index (χ4n) is 8.99. The van der Waals surface area contributed by atoms with E-state index in [4.69, 9.17) is 4.98 Å². The van der Waals surface area contributed by atoms with Gasteiger partial charge in [-0.15, -0.1) is 0 Å². The van der Waals surface area contributed by atoms with E-state index in [-0.39, 0.29) is 11.8 Å². The molecule has 52 heavy (non-hydrogen) atoms. The number of hydrogen-bond donors (Lipinski definition) is 0. The summed E-state index contributed by atoms with van der Waals surface area (Å²) in [4.78, 5) is 4.87. The summed E-state index contributed by atoms with van der Waals surface area (Å²) in [6.45, 7) is 0. The average Bonchev–Trinajstić information content (AvgIpc) is 3.73. The van der Waals surface area contributed by atoms with Gasteiger partial charge in [-0.1, -0.05) is 133 Å². The highest BCUT2D eigenvalue weighted by atomic mass is 15.0. The normalized spacial score (nSPS) is 16.6. The summed E-state index contributed by atoms with van der Waals surface area (Å²) in [6.07, 6.45) is 13.3. The van der Waals surface area contributed by atoms with E-state index in [1.54, 1.807) is 0 Å². The SMILES string of the molecule is C1=CC2C(c3cncc(-c4ccc(-n5c6ccccc6c6ccccc65)cc4)c3)=c3ccccc3=C(n3c4ccccc4c4ccccc43)C2C=C1. The van der Waals surface area contributed by atoms with Gasteiger partial charge in [-0.25, -0.2) is 0 Å². The highest BCUT2D eigenvalue weighted by Gasteiger charge is 2.33. The van der Waals surface area contributed by atoms with Crippen molar-refractivity contribution in [3.8, 4) is 16.8 Å². The van der Waals surface area contributed by atoms with Gasteiger partial charge in [-0.3, -0.25) is 4.98 Å². The molecule has 6 aromatic carbocycles. The molecule has 0 amide bonds. The molecule has 2 aliphatic carbocycles.